The first-order chi connectivity index (χ1) is 9.02. The molecule has 0 aliphatic rings. The molecule has 2 aromatic carbocycles. The molecule has 0 aliphatic heterocycles. The Labute approximate surface area is 111 Å². The monoisotopic (exact) mass is 255 g/mol. The van der Waals surface area contributed by atoms with Crippen molar-refractivity contribution in [3.05, 3.63) is 53.3 Å². The Bertz CT molecular complexity index is 662. The van der Waals surface area contributed by atoms with Crippen LogP contribution in [0.1, 0.15) is 22.8 Å². The van der Waals surface area contributed by atoms with Crippen LogP contribution in [0, 0.1) is 12.7 Å². The number of carbonyl (C=O) groups is 1. The summed E-state index contributed by atoms with van der Waals surface area (Å²) in [4.78, 5) is 15.1. The van der Waals surface area contributed by atoms with Crippen molar-refractivity contribution in [3.63, 3.8) is 0 Å². The van der Waals surface area contributed by atoms with E-state index in [4.69, 9.17) is 0 Å². The zero-order chi connectivity index (χ0) is 14.0. The molecule has 0 atom stereocenters. The van der Waals surface area contributed by atoms with E-state index >= 15 is 0 Å². The van der Waals surface area contributed by atoms with Gasteiger partial charge >= 0.3 is 0 Å². The van der Waals surface area contributed by atoms with Gasteiger partial charge in [0.1, 0.15) is 5.82 Å². The van der Waals surface area contributed by atoms with Crippen LogP contribution in [0.4, 0.5) is 10.1 Å². The maximum Gasteiger partial charge on any atom is 0.159 e. The van der Waals surface area contributed by atoms with Gasteiger partial charge in [0.2, 0.25) is 0 Å². The van der Waals surface area contributed by atoms with Crippen LogP contribution in [0.25, 0.3) is 11.1 Å². The number of hydrogen-bond acceptors (Lipinski definition) is 2. The zero-order valence-corrected chi connectivity index (χ0v) is 10.9. The normalized spacial score (nSPS) is 10.3. The maximum atomic E-state index is 14.0. The van der Waals surface area contributed by atoms with Gasteiger partial charge in [-0.1, -0.05) is 24.3 Å². The summed E-state index contributed by atoms with van der Waals surface area (Å²) < 4.78 is 14.0. The van der Waals surface area contributed by atoms with Gasteiger partial charge in [-0.05, 0) is 43.8 Å². The lowest BCUT2D eigenvalue weighted by Crippen LogP contribution is -1.94. The number of aryl methyl sites for hydroxylation is 1. The van der Waals surface area contributed by atoms with E-state index in [0.29, 0.717) is 11.1 Å². The highest BCUT2D eigenvalue weighted by molar-refractivity contribution is 5.94. The number of Topliss-reactive ketones (excluding diaryl/α,β-unsaturated/α-hetero) is 1. The third kappa shape index (κ3) is 2.60. The fourth-order valence-corrected chi connectivity index (χ4v) is 1.92. The number of hydrogen-bond donors (Lipinski definition) is 0. The first-order valence-electron chi connectivity index (χ1n) is 5.91. The highest BCUT2D eigenvalue weighted by Gasteiger charge is 2.09. The third-order valence-electron chi connectivity index (χ3n) is 3.07. The van der Waals surface area contributed by atoms with Crippen molar-refractivity contribution in [2.45, 2.75) is 13.8 Å². The molecule has 0 unspecified atom stereocenters. The predicted molar refractivity (Wildman–Crippen MR) is 75.8 cm³/mol. The summed E-state index contributed by atoms with van der Waals surface area (Å²) in [5, 5.41) is 0. The molecule has 19 heavy (non-hydrogen) atoms. The van der Waals surface area contributed by atoms with Gasteiger partial charge in [0.05, 0.1) is 5.69 Å². The van der Waals surface area contributed by atoms with Crippen molar-refractivity contribution in [3.8, 4) is 11.1 Å². The van der Waals surface area contributed by atoms with Crippen molar-refractivity contribution in [1.82, 2.24) is 0 Å². The van der Waals surface area contributed by atoms with E-state index in [1.807, 2.05) is 19.1 Å². The number of halogens is 1. The number of carbonyl (C=O) groups excluding carboxylic acids is 1. The number of nitrogens with zero attached hydrogens (tertiary/aromatic N) is 1. The summed E-state index contributed by atoms with van der Waals surface area (Å²) in [5.74, 6) is -0.561. The van der Waals surface area contributed by atoms with E-state index in [9.17, 15) is 9.18 Å². The second-order valence-electron chi connectivity index (χ2n) is 4.41. The molecule has 2 aromatic rings. The number of ketones is 1. The lowest BCUT2D eigenvalue weighted by molar-refractivity contribution is 0.101. The van der Waals surface area contributed by atoms with Crippen LogP contribution in [0.3, 0.4) is 0 Å². The number of benzene rings is 2. The van der Waals surface area contributed by atoms with Crippen LogP contribution < -0.4 is 0 Å². The predicted octanol–water partition coefficient (Wildman–Crippen LogP) is 4.34. The minimum absolute atomic E-state index is 0.150. The molecule has 0 heterocycles. The Morgan fingerprint density at radius 1 is 1.21 bits per heavy atom. The van der Waals surface area contributed by atoms with Gasteiger partial charge in [0, 0.05) is 11.1 Å². The van der Waals surface area contributed by atoms with E-state index in [1.54, 1.807) is 18.2 Å². The fraction of sp³-hybridized carbons (Fsp3) is 0.125. The summed E-state index contributed by atoms with van der Waals surface area (Å²) in [6.07, 6.45) is 0. The molecular formula is C16H14FNO. The molecule has 2 rings (SSSR count). The van der Waals surface area contributed by atoms with Crippen LogP contribution in [-0.2, 0) is 0 Å². The van der Waals surface area contributed by atoms with Gasteiger partial charge in [0.25, 0.3) is 0 Å². The molecule has 96 valence electrons. The van der Waals surface area contributed by atoms with Crippen LogP contribution in [0.2, 0.25) is 0 Å². The van der Waals surface area contributed by atoms with Crippen molar-refractivity contribution in [2.24, 2.45) is 4.99 Å². The fourth-order valence-electron chi connectivity index (χ4n) is 1.92. The Morgan fingerprint density at radius 2 is 1.95 bits per heavy atom. The Kier molecular flexibility index (Phi) is 3.56. The first kappa shape index (κ1) is 13.1. The highest BCUT2D eigenvalue weighted by Crippen LogP contribution is 2.29. The Morgan fingerprint density at radius 3 is 2.53 bits per heavy atom. The topological polar surface area (TPSA) is 29.4 Å². The van der Waals surface area contributed by atoms with E-state index in [-0.39, 0.29) is 5.78 Å². The van der Waals surface area contributed by atoms with Gasteiger partial charge in [0.15, 0.2) is 5.78 Å². The molecule has 0 saturated carbocycles. The van der Waals surface area contributed by atoms with Crippen molar-refractivity contribution >= 4 is 18.2 Å². The molecule has 0 saturated heterocycles. The summed E-state index contributed by atoms with van der Waals surface area (Å²) in [6.45, 7) is 6.83. The first-order valence-corrected chi connectivity index (χ1v) is 5.91. The summed E-state index contributed by atoms with van der Waals surface area (Å²) in [7, 11) is 0. The van der Waals surface area contributed by atoms with E-state index in [1.165, 1.54) is 13.0 Å². The largest absolute Gasteiger partial charge is 0.295 e. The van der Waals surface area contributed by atoms with Crippen LogP contribution in [-0.4, -0.2) is 12.5 Å². The lowest BCUT2D eigenvalue weighted by atomic mass is 10.00. The molecule has 0 aliphatic carbocycles. The van der Waals surface area contributed by atoms with E-state index in [0.717, 1.165) is 16.8 Å². The second-order valence-corrected chi connectivity index (χ2v) is 4.41. The molecule has 0 fully saturated rings. The quantitative estimate of drug-likeness (QED) is 0.592. The van der Waals surface area contributed by atoms with Crippen molar-refractivity contribution < 1.29 is 9.18 Å². The Balaban J connectivity index is 2.53. The van der Waals surface area contributed by atoms with E-state index in [2.05, 4.69) is 11.7 Å². The standard InChI is InChI=1S/C16H14FNO/c1-10-4-5-13(9-16(10)18-3)14-7-6-12(11(2)19)8-15(14)17/h4-9H,3H2,1-2H3. The molecule has 0 spiro atoms. The SMILES string of the molecule is C=Nc1cc(-c2ccc(C(C)=O)cc2F)ccc1C. The van der Waals surface area contributed by atoms with Crippen LogP contribution in [0.5, 0.6) is 0 Å². The summed E-state index contributed by atoms with van der Waals surface area (Å²) in [5.41, 5.74) is 3.26. The number of rotatable bonds is 3. The van der Waals surface area contributed by atoms with Gasteiger partial charge < -0.3 is 0 Å². The zero-order valence-electron chi connectivity index (χ0n) is 10.9. The average molecular weight is 255 g/mol. The molecular weight excluding hydrogens is 241 g/mol. The minimum Gasteiger partial charge on any atom is -0.295 e. The highest BCUT2D eigenvalue weighted by atomic mass is 19.1. The molecule has 0 bridgehead atoms. The molecule has 2 nitrogen and oxygen atoms in total. The maximum absolute atomic E-state index is 14.0. The van der Waals surface area contributed by atoms with Gasteiger partial charge in [-0.2, -0.15) is 0 Å². The van der Waals surface area contributed by atoms with Gasteiger partial charge in [-0.3, -0.25) is 9.79 Å². The second kappa shape index (κ2) is 5.14. The van der Waals surface area contributed by atoms with E-state index < -0.39 is 5.82 Å². The molecule has 0 N–H and O–H groups in total. The van der Waals surface area contributed by atoms with Gasteiger partial charge in [-0.25, -0.2) is 4.39 Å². The summed E-state index contributed by atoms with van der Waals surface area (Å²) in [6, 6.07) is 9.99. The molecule has 0 aromatic heterocycles. The average Bonchev–Trinajstić information content (AvgIpc) is 2.39. The van der Waals surface area contributed by atoms with Gasteiger partial charge in [-0.15, -0.1) is 0 Å². The minimum atomic E-state index is -0.411. The van der Waals surface area contributed by atoms with Crippen LogP contribution in [0.15, 0.2) is 41.4 Å². The molecule has 0 amide bonds. The van der Waals surface area contributed by atoms with Crippen LogP contribution >= 0.6 is 0 Å². The number of aliphatic imine (C=N–C) groups is 1. The smallest absolute Gasteiger partial charge is 0.159 e. The van der Waals surface area contributed by atoms with Crippen molar-refractivity contribution in [2.75, 3.05) is 0 Å². The Hall–Kier alpha value is -2.29. The van der Waals surface area contributed by atoms with Crippen molar-refractivity contribution in [1.29, 1.82) is 0 Å². The lowest BCUT2D eigenvalue weighted by Gasteiger charge is -2.07. The molecule has 0 radical (unpaired) electrons. The third-order valence-corrected chi connectivity index (χ3v) is 3.07. The molecule has 3 heteroatoms. The summed E-state index contributed by atoms with van der Waals surface area (Å²) >= 11 is 0.